The molecule has 0 radical (unpaired) electrons. The molecule has 6 nitrogen and oxygen atoms in total. The van der Waals surface area contributed by atoms with Crippen molar-refractivity contribution < 1.29 is 4.79 Å². The normalized spacial score (nSPS) is 16.0. The van der Waals surface area contributed by atoms with Crippen LogP contribution in [0.4, 0.5) is 5.82 Å². The van der Waals surface area contributed by atoms with Gasteiger partial charge in [0.15, 0.2) is 0 Å². The van der Waals surface area contributed by atoms with Crippen molar-refractivity contribution in [3.63, 3.8) is 0 Å². The van der Waals surface area contributed by atoms with Gasteiger partial charge in [0.1, 0.15) is 11.9 Å². The number of anilines is 1. The van der Waals surface area contributed by atoms with Crippen LogP contribution < -0.4 is 11.1 Å². The van der Waals surface area contributed by atoms with E-state index in [1.165, 1.54) is 0 Å². The molecule has 134 valence electrons. The third kappa shape index (κ3) is 4.90. The Morgan fingerprint density at radius 2 is 1.92 bits per heavy atom. The number of rotatable bonds is 4. The van der Waals surface area contributed by atoms with Crippen molar-refractivity contribution >= 4 is 24.1 Å². The lowest BCUT2D eigenvalue weighted by Gasteiger charge is -2.34. The van der Waals surface area contributed by atoms with Gasteiger partial charge in [-0.2, -0.15) is 5.10 Å². The van der Waals surface area contributed by atoms with Gasteiger partial charge in [-0.25, -0.2) is 0 Å². The van der Waals surface area contributed by atoms with Gasteiger partial charge in [0.25, 0.3) is 0 Å². The van der Waals surface area contributed by atoms with E-state index < -0.39 is 6.04 Å². The maximum absolute atomic E-state index is 12.6. The number of likely N-dealkylation sites (tertiary alicyclic amines) is 1. The van der Waals surface area contributed by atoms with Gasteiger partial charge < -0.3 is 16.0 Å². The first-order valence-corrected chi connectivity index (χ1v) is 8.28. The van der Waals surface area contributed by atoms with E-state index in [4.69, 9.17) is 5.73 Å². The van der Waals surface area contributed by atoms with Gasteiger partial charge in [-0.15, -0.1) is 17.5 Å². The molecule has 0 aliphatic carbocycles. The first-order valence-electron chi connectivity index (χ1n) is 8.28. The largest absolute Gasteiger partial charge is 0.366 e. The highest BCUT2D eigenvalue weighted by Gasteiger charge is 2.27. The maximum atomic E-state index is 12.6. The van der Waals surface area contributed by atoms with Crippen LogP contribution in [0.25, 0.3) is 0 Å². The number of amides is 1. The van der Waals surface area contributed by atoms with Gasteiger partial charge in [0, 0.05) is 25.3 Å². The van der Waals surface area contributed by atoms with E-state index >= 15 is 0 Å². The van der Waals surface area contributed by atoms with Crippen LogP contribution in [0.15, 0.2) is 42.6 Å². The van der Waals surface area contributed by atoms with Gasteiger partial charge in [-0.05, 0) is 37.5 Å². The number of piperidine rings is 1. The van der Waals surface area contributed by atoms with E-state index in [1.807, 2.05) is 48.2 Å². The zero-order valence-corrected chi connectivity index (χ0v) is 15.1. The molecule has 1 aliphatic rings. The summed E-state index contributed by atoms with van der Waals surface area (Å²) in [5, 5.41) is 11.3. The van der Waals surface area contributed by atoms with E-state index in [-0.39, 0.29) is 18.3 Å². The summed E-state index contributed by atoms with van der Waals surface area (Å²) >= 11 is 0. The van der Waals surface area contributed by atoms with E-state index in [1.54, 1.807) is 6.20 Å². The molecule has 2 aromatic rings. The van der Waals surface area contributed by atoms with E-state index in [9.17, 15) is 4.79 Å². The van der Waals surface area contributed by atoms with Crippen LogP contribution >= 0.6 is 12.4 Å². The average Bonchev–Trinajstić information content (AvgIpc) is 2.63. The van der Waals surface area contributed by atoms with Crippen molar-refractivity contribution in [1.29, 1.82) is 0 Å². The van der Waals surface area contributed by atoms with Crippen LogP contribution in [0.3, 0.4) is 0 Å². The lowest BCUT2D eigenvalue weighted by atomic mass is 10.0. The van der Waals surface area contributed by atoms with Crippen molar-refractivity contribution in [1.82, 2.24) is 15.1 Å². The second-order valence-electron chi connectivity index (χ2n) is 6.24. The number of hydrogen-bond donors (Lipinski definition) is 2. The highest BCUT2D eigenvalue weighted by Crippen LogP contribution is 2.19. The molecule has 1 aromatic heterocycles. The molecule has 0 saturated carbocycles. The smallest absolute Gasteiger partial charge is 0.244 e. The highest BCUT2D eigenvalue weighted by molar-refractivity contribution is 5.85. The van der Waals surface area contributed by atoms with Gasteiger partial charge in [-0.1, -0.05) is 29.8 Å². The minimum Gasteiger partial charge on any atom is -0.366 e. The Hall–Kier alpha value is -2.18. The molecule has 1 atom stereocenters. The second kappa shape index (κ2) is 8.78. The fourth-order valence-electron chi connectivity index (χ4n) is 2.94. The molecule has 0 bridgehead atoms. The Bertz CT molecular complexity index is 672. The molecule has 0 spiro atoms. The van der Waals surface area contributed by atoms with Crippen LogP contribution in [-0.2, 0) is 4.79 Å². The predicted octanol–water partition coefficient (Wildman–Crippen LogP) is 2.31. The summed E-state index contributed by atoms with van der Waals surface area (Å²) < 4.78 is 0. The zero-order chi connectivity index (χ0) is 16.9. The summed E-state index contributed by atoms with van der Waals surface area (Å²) in [5.74, 6) is 0.774. The van der Waals surface area contributed by atoms with Crippen LogP contribution in [0.2, 0.25) is 0 Å². The lowest BCUT2D eigenvalue weighted by molar-refractivity contribution is -0.133. The topological polar surface area (TPSA) is 84.1 Å². The minimum atomic E-state index is -0.588. The number of halogens is 1. The Morgan fingerprint density at radius 3 is 2.52 bits per heavy atom. The van der Waals surface area contributed by atoms with Crippen LogP contribution in [0, 0.1) is 6.92 Å². The number of aryl methyl sites for hydroxylation is 1. The lowest BCUT2D eigenvalue weighted by Crippen LogP contribution is -2.46. The number of benzene rings is 1. The number of nitrogens with two attached hydrogens (primary N) is 1. The number of carbonyl (C=O) groups excluding carboxylic acids is 1. The summed E-state index contributed by atoms with van der Waals surface area (Å²) in [6, 6.07) is 11.3. The molecule has 2 heterocycles. The van der Waals surface area contributed by atoms with Crippen molar-refractivity contribution in [3.05, 3.63) is 53.7 Å². The zero-order valence-electron chi connectivity index (χ0n) is 14.3. The van der Waals surface area contributed by atoms with Gasteiger partial charge in [-0.3, -0.25) is 4.79 Å². The molecular weight excluding hydrogens is 338 g/mol. The Balaban J connectivity index is 0.00000225. The monoisotopic (exact) mass is 361 g/mol. The third-order valence-corrected chi connectivity index (χ3v) is 4.43. The molecule has 3 rings (SSSR count). The van der Waals surface area contributed by atoms with Crippen LogP contribution in [-0.4, -0.2) is 40.1 Å². The van der Waals surface area contributed by atoms with Crippen LogP contribution in [0.5, 0.6) is 0 Å². The van der Waals surface area contributed by atoms with E-state index in [2.05, 4.69) is 15.5 Å². The van der Waals surface area contributed by atoms with E-state index in [0.717, 1.165) is 29.8 Å². The Kier molecular flexibility index (Phi) is 6.73. The Labute approximate surface area is 154 Å². The predicted molar refractivity (Wildman–Crippen MR) is 101 cm³/mol. The standard InChI is InChI=1S/C18H23N5O.ClH/c1-13-4-6-14(7-5-13)17(19)18(24)23-11-8-15(9-12-23)21-16-3-2-10-20-22-16;/h2-7,10,15,17H,8-9,11-12,19H2,1H3,(H,21,22);1H. The molecule has 3 N–H and O–H groups in total. The quantitative estimate of drug-likeness (QED) is 0.873. The molecule has 1 amide bonds. The summed E-state index contributed by atoms with van der Waals surface area (Å²) in [6.45, 7) is 3.43. The fraction of sp³-hybridized carbons (Fsp3) is 0.389. The SMILES string of the molecule is Cc1ccc(C(N)C(=O)N2CCC(Nc3cccnn3)CC2)cc1.Cl. The summed E-state index contributed by atoms with van der Waals surface area (Å²) in [7, 11) is 0. The number of nitrogens with zero attached hydrogens (tertiary/aromatic N) is 3. The molecule has 7 heteroatoms. The number of nitrogens with one attached hydrogen (secondary N) is 1. The van der Waals surface area contributed by atoms with Crippen molar-refractivity contribution in [3.8, 4) is 0 Å². The fourth-order valence-corrected chi connectivity index (χ4v) is 2.94. The molecule has 1 fully saturated rings. The molecule has 1 saturated heterocycles. The second-order valence-corrected chi connectivity index (χ2v) is 6.24. The molecule has 1 aliphatic heterocycles. The van der Waals surface area contributed by atoms with Crippen molar-refractivity contribution in [2.24, 2.45) is 5.73 Å². The first kappa shape index (κ1) is 19.1. The van der Waals surface area contributed by atoms with Crippen molar-refractivity contribution in [2.45, 2.75) is 31.8 Å². The summed E-state index contributed by atoms with van der Waals surface area (Å²) in [4.78, 5) is 14.5. The van der Waals surface area contributed by atoms with Gasteiger partial charge in [0.2, 0.25) is 5.91 Å². The summed E-state index contributed by atoms with van der Waals surface area (Å²) in [5.41, 5.74) is 8.18. The molecule has 25 heavy (non-hydrogen) atoms. The maximum Gasteiger partial charge on any atom is 0.244 e. The minimum absolute atomic E-state index is 0. The summed E-state index contributed by atoms with van der Waals surface area (Å²) in [6.07, 6.45) is 3.41. The number of hydrogen-bond acceptors (Lipinski definition) is 5. The third-order valence-electron chi connectivity index (χ3n) is 4.43. The van der Waals surface area contributed by atoms with Crippen molar-refractivity contribution in [2.75, 3.05) is 18.4 Å². The molecular formula is C18H24ClN5O. The molecule has 1 unspecified atom stereocenters. The van der Waals surface area contributed by atoms with Crippen LogP contribution in [0.1, 0.15) is 30.0 Å². The first-order chi connectivity index (χ1) is 11.6. The average molecular weight is 362 g/mol. The number of aromatic nitrogens is 2. The highest BCUT2D eigenvalue weighted by atomic mass is 35.5. The van der Waals surface area contributed by atoms with Gasteiger partial charge in [0.05, 0.1) is 0 Å². The van der Waals surface area contributed by atoms with Gasteiger partial charge >= 0.3 is 0 Å². The Morgan fingerprint density at radius 1 is 1.24 bits per heavy atom. The van der Waals surface area contributed by atoms with E-state index in [0.29, 0.717) is 19.1 Å². The molecule has 1 aromatic carbocycles. The number of carbonyl (C=O) groups is 1.